The number of aromatic nitrogens is 3. The molecule has 6 rings (SSSR count). The van der Waals surface area contributed by atoms with Gasteiger partial charge in [-0.15, -0.1) is 0 Å². The van der Waals surface area contributed by atoms with Crippen molar-refractivity contribution in [3.05, 3.63) is 47.8 Å². The molecule has 2 heterocycles. The molecule has 3 aliphatic rings. The number of rotatable bonds is 3. The first kappa shape index (κ1) is 13.1. The van der Waals surface area contributed by atoms with Gasteiger partial charge in [0.05, 0.1) is 17.4 Å². The molecule has 1 spiro atoms. The fourth-order valence-electron chi connectivity index (χ4n) is 4.56. The second-order valence-electron chi connectivity index (χ2n) is 7.99. The van der Waals surface area contributed by atoms with E-state index >= 15 is 0 Å². The number of aromatic amines is 1. The van der Waals surface area contributed by atoms with Crippen LogP contribution in [-0.2, 0) is 5.54 Å². The molecule has 1 unspecified atom stereocenters. The Kier molecular flexibility index (Phi) is 2.22. The molecule has 3 aliphatic carbocycles. The van der Waals surface area contributed by atoms with Crippen LogP contribution in [0, 0.1) is 5.41 Å². The molecule has 3 N–H and O–H groups in total. The molecule has 4 nitrogen and oxygen atoms in total. The van der Waals surface area contributed by atoms with Gasteiger partial charge in [0.25, 0.3) is 0 Å². The molecule has 1 aromatic carbocycles. The van der Waals surface area contributed by atoms with Crippen LogP contribution in [0.15, 0.2) is 36.7 Å². The lowest BCUT2D eigenvalue weighted by molar-refractivity contribution is 0.625. The van der Waals surface area contributed by atoms with Crippen LogP contribution in [0.1, 0.15) is 49.1 Å². The molecular weight excluding hydrogens is 296 g/mol. The highest BCUT2D eigenvalue weighted by Gasteiger charge is 2.72. The van der Waals surface area contributed by atoms with Crippen molar-refractivity contribution in [3.63, 3.8) is 0 Å². The summed E-state index contributed by atoms with van der Waals surface area (Å²) in [5.41, 5.74) is 13.0. The normalized spacial score (nSPS) is 26.9. The second-order valence-corrected chi connectivity index (χ2v) is 7.99. The van der Waals surface area contributed by atoms with E-state index in [1.807, 2.05) is 12.4 Å². The van der Waals surface area contributed by atoms with E-state index in [1.165, 1.54) is 47.8 Å². The zero-order valence-corrected chi connectivity index (χ0v) is 13.5. The molecule has 0 bridgehead atoms. The summed E-state index contributed by atoms with van der Waals surface area (Å²) in [6.45, 7) is 0. The predicted molar refractivity (Wildman–Crippen MR) is 93.4 cm³/mol. The SMILES string of the molecule is NC1(c2ccc(-c3ccc4[nH]ncc4c3C3CC3)nc2)CC12CC2. The van der Waals surface area contributed by atoms with E-state index < -0.39 is 0 Å². The van der Waals surface area contributed by atoms with Gasteiger partial charge < -0.3 is 5.73 Å². The lowest BCUT2D eigenvalue weighted by atomic mass is 9.95. The van der Waals surface area contributed by atoms with Crippen LogP contribution in [0.2, 0.25) is 0 Å². The topological polar surface area (TPSA) is 67.6 Å². The summed E-state index contributed by atoms with van der Waals surface area (Å²) in [5, 5.41) is 8.56. The van der Waals surface area contributed by atoms with Crippen molar-refractivity contribution in [1.29, 1.82) is 0 Å². The predicted octanol–water partition coefficient (Wildman–Crippen LogP) is 3.84. The Morgan fingerprint density at radius 2 is 1.96 bits per heavy atom. The molecule has 3 aromatic rings. The summed E-state index contributed by atoms with van der Waals surface area (Å²) in [5.74, 6) is 0.654. The lowest BCUT2D eigenvalue weighted by Crippen LogP contribution is -2.22. The standard InChI is InChI=1S/C20H20N4/c21-20(11-19(20)7-8-19)13-3-5-16(22-9-13)14-4-6-17-15(10-23-24-17)18(14)12-1-2-12/h3-6,9-10,12H,1-2,7-8,11,21H2,(H,23,24). The number of pyridine rings is 1. The average Bonchev–Trinajstić information content (AvgIpc) is 3.54. The Hall–Kier alpha value is -2.20. The Balaban J connectivity index is 1.45. The molecule has 3 saturated carbocycles. The minimum absolute atomic E-state index is 0.105. The fourth-order valence-corrected chi connectivity index (χ4v) is 4.56. The fraction of sp³-hybridized carbons (Fsp3) is 0.400. The van der Waals surface area contributed by atoms with Crippen LogP contribution in [0.4, 0.5) is 0 Å². The molecular formula is C20H20N4. The Morgan fingerprint density at radius 1 is 1.08 bits per heavy atom. The number of hydrogen-bond acceptors (Lipinski definition) is 3. The number of nitrogens with one attached hydrogen (secondary N) is 1. The van der Waals surface area contributed by atoms with Crippen molar-refractivity contribution in [2.75, 3.05) is 0 Å². The third kappa shape index (κ3) is 1.62. The Morgan fingerprint density at radius 3 is 2.62 bits per heavy atom. The molecule has 4 heteroatoms. The number of benzene rings is 1. The van der Waals surface area contributed by atoms with E-state index in [0.717, 1.165) is 17.6 Å². The van der Waals surface area contributed by atoms with Gasteiger partial charge >= 0.3 is 0 Å². The van der Waals surface area contributed by atoms with Crippen LogP contribution >= 0.6 is 0 Å². The van der Waals surface area contributed by atoms with Crippen molar-refractivity contribution in [1.82, 2.24) is 15.2 Å². The van der Waals surface area contributed by atoms with E-state index in [1.54, 1.807) is 0 Å². The van der Waals surface area contributed by atoms with Gasteiger partial charge in [0, 0.05) is 22.7 Å². The molecule has 120 valence electrons. The maximum Gasteiger partial charge on any atom is 0.0705 e. The number of hydrogen-bond donors (Lipinski definition) is 2. The minimum atomic E-state index is -0.105. The van der Waals surface area contributed by atoms with Crippen molar-refractivity contribution in [2.24, 2.45) is 11.1 Å². The zero-order valence-electron chi connectivity index (χ0n) is 13.5. The quantitative estimate of drug-likeness (QED) is 0.771. The molecule has 2 aromatic heterocycles. The monoisotopic (exact) mass is 316 g/mol. The third-order valence-corrected chi connectivity index (χ3v) is 6.50. The van der Waals surface area contributed by atoms with Crippen molar-refractivity contribution in [3.8, 4) is 11.3 Å². The summed E-state index contributed by atoms with van der Waals surface area (Å²) in [6.07, 6.45) is 10.2. The highest BCUT2D eigenvalue weighted by Crippen LogP contribution is 2.75. The largest absolute Gasteiger partial charge is 0.321 e. The van der Waals surface area contributed by atoms with E-state index in [-0.39, 0.29) is 5.54 Å². The van der Waals surface area contributed by atoms with E-state index in [9.17, 15) is 0 Å². The Labute approximate surface area is 140 Å². The number of H-pyrrole nitrogens is 1. The van der Waals surface area contributed by atoms with E-state index in [4.69, 9.17) is 10.7 Å². The van der Waals surface area contributed by atoms with Gasteiger partial charge in [-0.05, 0) is 66.7 Å². The smallest absolute Gasteiger partial charge is 0.0705 e. The van der Waals surface area contributed by atoms with Gasteiger partial charge in [0.1, 0.15) is 0 Å². The first-order chi connectivity index (χ1) is 11.7. The Bertz CT molecular complexity index is 963. The summed E-state index contributed by atoms with van der Waals surface area (Å²) in [6, 6.07) is 8.66. The second kappa shape index (κ2) is 4.06. The van der Waals surface area contributed by atoms with Gasteiger partial charge in [-0.25, -0.2) is 0 Å². The van der Waals surface area contributed by atoms with Crippen molar-refractivity contribution in [2.45, 2.75) is 43.6 Å². The van der Waals surface area contributed by atoms with Crippen molar-refractivity contribution >= 4 is 10.9 Å². The molecule has 1 atom stereocenters. The van der Waals surface area contributed by atoms with Crippen LogP contribution in [-0.4, -0.2) is 15.2 Å². The van der Waals surface area contributed by atoms with Crippen molar-refractivity contribution < 1.29 is 0 Å². The molecule has 0 saturated heterocycles. The first-order valence-electron chi connectivity index (χ1n) is 8.92. The lowest BCUT2D eigenvalue weighted by Gasteiger charge is -2.13. The van der Waals surface area contributed by atoms with Crippen LogP contribution < -0.4 is 5.73 Å². The summed E-state index contributed by atoms with van der Waals surface area (Å²) in [7, 11) is 0. The maximum absolute atomic E-state index is 6.59. The summed E-state index contributed by atoms with van der Waals surface area (Å²) < 4.78 is 0. The van der Waals surface area contributed by atoms with Gasteiger partial charge in [0.15, 0.2) is 0 Å². The van der Waals surface area contributed by atoms with Gasteiger partial charge in [-0.3, -0.25) is 10.1 Å². The van der Waals surface area contributed by atoms with Crippen LogP contribution in [0.5, 0.6) is 0 Å². The minimum Gasteiger partial charge on any atom is -0.321 e. The summed E-state index contributed by atoms with van der Waals surface area (Å²) >= 11 is 0. The zero-order chi connectivity index (χ0) is 15.9. The highest BCUT2D eigenvalue weighted by atomic mass is 15.1. The highest BCUT2D eigenvalue weighted by molar-refractivity contribution is 5.89. The number of fused-ring (bicyclic) bond motifs is 1. The molecule has 0 amide bonds. The molecule has 0 radical (unpaired) electrons. The van der Waals surface area contributed by atoms with Crippen LogP contribution in [0.3, 0.4) is 0 Å². The number of nitrogens with zero attached hydrogens (tertiary/aromatic N) is 2. The number of nitrogens with two attached hydrogens (primary N) is 1. The average molecular weight is 316 g/mol. The molecule has 3 fully saturated rings. The first-order valence-corrected chi connectivity index (χ1v) is 8.92. The third-order valence-electron chi connectivity index (χ3n) is 6.50. The van der Waals surface area contributed by atoms with E-state index in [0.29, 0.717) is 11.3 Å². The molecule has 0 aliphatic heterocycles. The maximum atomic E-state index is 6.59. The van der Waals surface area contributed by atoms with E-state index in [2.05, 4.69) is 34.5 Å². The van der Waals surface area contributed by atoms with Crippen LogP contribution in [0.25, 0.3) is 22.2 Å². The van der Waals surface area contributed by atoms with Gasteiger partial charge in [-0.2, -0.15) is 5.10 Å². The van der Waals surface area contributed by atoms with Gasteiger partial charge in [0.2, 0.25) is 0 Å². The summed E-state index contributed by atoms with van der Waals surface area (Å²) in [4.78, 5) is 4.80. The van der Waals surface area contributed by atoms with Gasteiger partial charge in [-0.1, -0.05) is 12.1 Å². The molecule has 24 heavy (non-hydrogen) atoms.